The normalized spacial score (nSPS) is 10.4. The SMILES string of the molecule is CC(C)N(CCOc1ccccc1)C(=O)NCCN(C)C.O=C(O)/C=C/C(=O)O. The number of likely N-dealkylation sites (N-methyl/N-ethyl adjacent to an activating group) is 1. The second kappa shape index (κ2) is 14.9. The molecule has 0 aliphatic carbocycles. The third kappa shape index (κ3) is 14.6. The van der Waals surface area contributed by atoms with E-state index in [-0.39, 0.29) is 12.1 Å². The number of urea groups is 1. The Morgan fingerprint density at radius 1 is 1.03 bits per heavy atom. The number of rotatable bonds is 10. The van der Waals surface area contributed by atoms with Crippen LogP contribution in [0.5, 0.6) is 5.75 Å². The lowest BCUT2D eigenvalue weighted by atomic mass is 10.3. The van der Waals surface area contributed by atoms with E-state index in [2.05, 4.69) is 5.32 Å². The molecule has 0 bridgehead atoms. The van der Waals surface area contributed by atoms with E-state index in [1.807, 2.05) is 63.2 Å². The molecule has 9 heteroatoms. The first kappa shape index (κ1) is 25.9. The maximum absolute atomic E-state index is 12.1. The summed E-state index contributed by atoms with van der Waals surface area (Å²) in [5, 5.41) is 18.6. The van der Waals surface area contributed by atoms with Gasteiger partial charge in [-0.05, 0) is 40.1 Å². The van der Waals surface area contributed by atoms with E-state index in [1.54, 1.807) is 4.90 Å². The van der Waals surface area contributed by atoms with Gasteiger partial charge in [-0.1, -0.05) is 18.2 Å². The Balaban J connectivity index is 0.000000828. The van der Waals surface area contributed by atoms with Gasteiger partial charge in [0.25, 0.3) is 0 Å². The summed E-state index contributed by atoms with van der Waals surface area (Å²) >= 11 is 0. The molecule has 0 spiro atoms. The molecule has 0 heterocycles. The monoisotopic (exact) mass is 409 g/mol. The molecule has 0 fully saturated rings. The van der Waals surface area contributed by atoms with E-state index in [1.165, 1.54) is 0 Å². The average Bonchev–Trinajstić information content (AvgIpc) is 2.64. The quantitative estimate of drug-likeness (QED) is 0.504. The number of aliphatic carboxylic acids is 2. The minimum atomic E-state index is -1.26. The molecule has 3 N–H and O–H groups in total. The number of hydrogen-bond acceptors (Lipinski definition) is 5. The third-order valence-electron chi connectivity index (χ3n) is 3.43. The number of benzene rings is 1. The largest absolute Gasteiger partial charge is 0.492 e. The van der Waals surface area contributed by atoms with Crippen molar-refractivity contribution < 1.29 is 29.3 Å². The van der Waals surface area contributed by atoms with Crippen LogP contribution >= 0.6 is 0 Å². The molecule has 0 saturated carbocycles. The highest BCUT2D eigenvalue weighted by molar-refractivity contribution is 5.89. The fraction of sp³-hybridized carbons (Fsp3) is 0.450. The highest BCUT2D eigenvalue weighted by atomic mass is 16.5. The lowest BCUT2D eigenvalue weighted by Gasteiger charge is -2.27. The molecule has 0 aliphatic heterocycles. The van der Waals surface area contributed by atoms with Crippen LogP contribution in [0.1, 0.15) is 13.8 Å². The number of ether oxygens (including phenoxy) is 1. The van der Waals surface area contributed by atoms with Gasteiger partial charge in [0, 0.05) is 31.3 Å². The van der Waals surface area contributed by atoms with Gasteiger partial charge in [-0.25, -0.2) is 14.4 Å². The molecule has 0 unspecified atom stereocenters. The van der Waals surface area contributed by atoms with Crippen LogP contribution in [0.4, 0.5) is 4.79 Å². The molecule has 1 aromatic carbocycles. The Bertz CT molecular complexity index is 631. The molecule has 0 atom stereocenters. The fourth-order valence-corrected chi connectivity index (χ4v) is 2.00. The number of nitrogens with zero attached hydrogens (tertiary/aromatic N) is 2. The van der Waals surface area contributed by atoms with Crippen molar-refractivity contribution in [2.75, 3.05) is 40.3 Å². The van der Waals surface area contributed by atoms with Crippen molar-refractivity contribution in [2.24, 2.45) is 0 Å². The van der Waals surface area contributed by atoms with Crippen LogP contribution in [0.15, 0.2) is 42.5 Å². The molecular weight excluding hydrogens is 378 g/mol. The highest BCUT2D eigenvalue weighted by Crippen LogP contribution is 2.08. The summed E-state index contributed by atoms with van der Waals surface area (Å²) in [7, 11) is 3.97. The van der Waals surface area contributed by atoms with Crippen molar-refractivity contribution in [1.82, 2.24) is 15.1 Å². The van der Waals surface area contributed by atoms with Gasteiger partial charge in [0.15, 0.2) is 0 Å². The summed E-state index contributed by atoms with van der Waals surface area (Å²) in [5.41, 5.74) is 0. The van der Waals surface area contributed by atoms with Gasteiger partial charge in [-0.2, -0.15) is 0 Å². The molecule has 0 saturated heterocycles. The number of amides is 2. The van der Waals surface area contributed by atoms with E-state index in [4.69, 9.17) is 14.9 Å². The van der Waals surface area contributed by atoms with Crippen molar-refractivity contribution >= 4 is 18.0 Å². The number of nitrogens with one attached hydrogen (secondary N) is 1. The zero-order chi connectivity index (χ0) is 22.2. The second-order valence-corrected chi connectivity index (χ2v) is 6.49. The maximum atomic E-state index is 12.1. The van der Waals surface area contributed by atoms with Crippen molar-refractivity contribution in [3.8, 4) is 5.75 Å². The summed E-state index contributed by atoms with van der Waals surface area (Å²) < 4.78 is 5.65. The van der Waals surface area contributed by atoms with Gasteiger partial charge in [-0.15, -0.1) is 0 Å². The Labute approximate surface area is 171 Å². The van der Waals surface area contributed by atoms with Crippen molar-refractivity contribution in [3.63, 3.8) is 0 Å². The summed E-state index contributed by atoms with van der Waals surface area (Å²) in [6.45, 7) is 6.55. The molecule has 0 aromatic heterocycles. The van der Waals surface area contributed by atoms with Gasteiger partial charge in [-0.3, -0.25) is 0 Å². The number of para-hydroxylation sites is 1. The smallest absolute Gasteiger partial charge is 0.328 e. The number of carbonyl (C=O) groups is 3. The van der Waals surface area contributed by atoms with Gasteiger partial charge < -0.3 is 30.1 Å². The second-order valence-electron chi connectivity index (χ2n) is 6.49. The lowest BCUT2D eigenvalue weighted by Crippen LogP contribution is -2.47. The fourth-order valence-electron chi connectivity index (χ4n) is 2.00. The minimum absolute atomic E-state index is 0.0384. The zero-order valence-corrected chi connectivity index (χ0v) is 17.4. The summed E-state index contributed by atoms with van der Waals surface area (Å²) in [6.07, 6.45) is 1.12. The highest BCUT2D eigenvalue weighted by Gasteiger charge is 2.16. The van der Waals surface area contributed by atoms with Crippen LogP contribution in [-0.4, -0.2) is 84.4 Å². The van der Waals surface area contributed by atoms with E-state index >= 15 is 0 Å². The van der Waals surface area contributed by atoms with Gasteiger partial charge in [0.1, 0.15) is 12.4 Å². The Morgan fingerprint density at radius 2 is 1.59 bits per heavy atom. The number of carbonyl (C=O) groups excluding carboxylic acids is 1. The number of carboxylic acid groups (broad SMARTS) is 2. The molecule has 0 radical (unpaired) electrons. The van der Waals surface area contributed by atoms with Crippen LogP contribution in [0.2, 0.25) is 0 Å². The van der Waals surface area contributed by atoms with Crippen molar-refractivity contribution in [1.29, 1.82) is 0 Å². The standard InChI is InChI=1S/C16H27N3O2.C4H4O4/c1-14(2)19(16(20)17-10-11-18(3)4)12-13-21-15-8-6-5-7-9-15;5-3(6)1-2-4(7)8/h5-9,14H,10-13H2,1-4H3,(H,17,20);1-2H,(H,5,6)(H,7,8)/b;2-1+. The first-order valence-electron chi connectivity index (χ1n) is 9.14. The predicted molar refractivity (Wildman–Crippen MR) is 110 cm³/mol. The van der Waals surface area contributed by atoms with Crippen LogP contribution in [-0.2, 0) is 9.59 Å². The molecule has 29 heavy (non-hydrogen) atoms. The summed E-state index contributed by atoms with van der Waals surface area (Å²) in [4.78, 5) is 35.1. The van der Waals surface area contributed by atoms with Crippen molar-refractivity contribution in [3.05, 3.63) is 42.5 Å². The van der Waals surface area contributed by atoms with E-state index in [0.717, 1.165) is 12.3 Å². The third-order valence-corrected chi connectivity index (χ3v) is 3.43. The molecule has 0 aliphatic rings. The number of carboxylic acids is 2. The van der Waals surface area contributed by atoms with Crippen molar-refractivity contribution in [2.45, 2.75) is 19.9 Å². The molecular formula is C20H31N3O6. The first-order valence-corrected chi connectivity index (χ1v) is 9.14. The van der Waals surface area contributed by atoms with Gasteiger partial charge >= 0.3 is 18.0 Å². The number of hydrogen-bond donors (Lipinski definition) is 3. The summed E-state index contributed by atoms with van der Waals surface area (Å²) in [6, 6.07) is 9.75. The average molecular weight is 409 g/mol. The maximum Gasteiger partial charge on any atom is 0.328 e. The van der Waals surface area contributed by atoms with Crippen LogP contribution in [0.3, 0.4) is 0 Å². The molecule has 1 aromatic rings. The van der Waals surface area contributed by atoms with Crippen LogP contribution in [0, 0.1) is 0 Å². The molecule has 1 rings (SSSR count). The summed E-state index contributed by atoms with van der Waals surface area (Å²) in [5.74, 6) is -1.69. The molecule has 162 valence electrons. The van der Waals surface area contributed by atoms with E-state index in [9.17, 15) is 14.4 Å². The Kier molecular flexibility index (Phi) is 13.3. The predicted octanol–water partition coefficient (Wildman–Crippen LogP) is 1.76. The topological polar surface area (TPSA) is 119 Å². The van der Waals surface area contributed by atoms with E-state index < -0.39 is 11.9 Å². The molecule has 2 amide bonds. The van der Waals surface area contributed by atoms with E-state index in [0.29, 0.717) is 31.8 Å². The zero-order valence-electron chi connectivity index (χ0n) is 17.4. The van der Waals surface area contributed by atoms with Gasteiger partial charge in [0.05, 0.1) is 6.54 Å². The van der Waals surface area contributed by atoms with Gasteiger partial charge in [0.2, 0.25) is 0 Å². The minimum Gasteiger partial charge on any atom is -0.492 e. The Morgan fingerprint density at radius 3 is 2.03 bits per heavy atom. The van der Waals surface area contributed by atoms with Crippen LogP contribution < -0.4 is 10.1 Å². The Hall–Kier alpha value is -3.07. The van der Waals surface area contributed by atoms with Crippen LogP contribution in [0.25, 0.3) is 0 Å². The lowest BCUT2D eigenvalue weighted by molar-refractivity contribution is -0.134. The first-order chi connectivity index (χ1) is 13.6. The molecule has 9 nitrogen and oxygen atoms in total.